The van der Waals surface area contributed by atoms with Crippen LogP contribution in [0, 0.1) is 25.1 Å². The Morgan fingerprint density at radius 1 is 0.558 bits per heavy atom. The number of hydrogen-bond acceptors (Lipinski definition) is 7. The van der Waals surface area contributed by atoms with Crippen LogP contribution >= 0.6 is 6.83 Å². The van der Waals surface area contributed by atoms with Crippen molar-refractivity contribution in [2.45, 2.75) is 143 Å². The van der Waals surface area contributed by atoms with Gasteiger partial charge < -0.3 is 0 Å². The average molecular weight is 628 g/mol. The van der Waals surface area contributed by atoms with E-state index in [1.165, 1.54) is 57.8 Å². The van der Waals surface area contributed by atoms with Crippen molar-refractivity contribution in [1.82, 2.24) is 0 Å². The standard InChI is InChI=1S/C32H58N3O7P/c1-5-9-13-14-15-16-17-18-19-20-21-22-26-43(23-10-6-2,24-11-7-3,25-12-8-4)42-35(41)31-28-29(33(37)38)27-30(32(31)36)34(39)40/h27-28H,5-26H2,1-4H3. The van der Waals surface area contributed by atoms with Crippen LogP contribution < -0.4 is 5.11 Å². The third kappa shape index (κ3) is 13.0. The molecule has 0 aliphatic rings. The van der Waals surface area contributed by atoms with Gasteiger partial charge in [0.25, 0.3) is 0 Å². The van der Waals surface area contributed by atoms with Gasteiger partial charge in [0, 0.05) is 0 Å². The van der Waals surface area contributed by atoms with Gasteiger partial charge in [0.05, 0.1) is 0 Å². The van der Waals surface area contributed by atoms with Crippen molar-refractivity contribution in [2.24, 2.45) is 0 Å². The first kappa shape index (κ1) is 38.7. The predicted octanol–water partition coefficient (Wildman–Crippen LogP) is 10.5. The van der Waals surface area contributed by atoms with Crippen LogP contribution in [0.25, 0.3) is 0 Å². The van der Waals surface area contributed by atoms with Crippen LogP contribution in [0.5, 0.6) is 5.75 Å². The number of rotatable bonds is 27. The topological polar surface area (TPSA) is 139 Å². The van der Waals surface area contributed by atoms with E-state index in [9.17, 15) is 30.2 Å². The summed E-state index contributed by atoms with van der Waals surface area (Å²) in [5, 5.41) is 36.0. The van der Waals surface area contributed by atoms with E-state index < -0.39 is 39.5 Å². The van der Waals surface area contributed by atoms with Gasteiger partial charge in [-0.15, -0.1) is 0 Å². The molecule has 0 saturated heterocycles. The van der Waals surface area contributed by atoms with E-state index >= 15 is 0 Å². The molecule has 10 nitrogen and oxygen atoms in total. The van der Waals surface area contributed by atoms with Gasteiger partial charge in [-0.3, -0.25) is 0 Å². The van der Waals surface area contributed by atoms with E-state index in [1.54, 1.807) is 0 Å². The van der Waals surface area contributed by atoms with Crippen molar-refractivity contribution in [3.05, 3.63) is 37.3 Å². The number of hydrogen-bond donors (Lipinski definition) is 0. The van der Waals surface area contributed by atoms with E-state index in [0.29, 0.717) is 6.07 Å². The molecule has 0 radical (unpaired) electrons. The first-order valence-corrected chi connectivity index (χ1v) is 19.8. The average Bonchev–Trinajstić information content (AvgIpc) is 2.98. The molecule has 1 aromatic rings. The Kier molecular flexibility index (Phi) is 18.5. The predicted molar refractivity (Wildman–Crippen MR) is 176 cm³/mol. The van der Waals surface area contributed by atoms with Crippen LogP contribution in [-0.4, -0.2) is 39.4 Å². The molecule has 11 heteroatoms. The second-order valence-electron chi connectivity index (χ2n) is 12.4. The molecule has 0 aliphatic heterocycles. The van der Waals surface area contributed by atoms with E-state index in [-0.39, 0.29) is 4.92 Å². The van der Waals surface area contributed by atoms with Crippen LogP contribution in [0.3, 0.4) is 0 Å². The monoisotopic (exact) mass is 627 g/mol. The molecule has 0 N–H and O–H groups in total. The van der Waals surface area contributed by atoms with Crippen molar-refractivity contribution >= 4 is 23.9 Å². The molecule has 0 aliphatic carbocycles. The molecule has 1 aromatic carbocycles. The van der Waals surface area contributed by atoms with Gasteiger partial charge in [0.15, 0.2) is 0 Å². The number of nitrogens with zero attached hydrogens (tertiary/aromatic N) is 3. The van der Waals surface area contributed by atoms with Gasteiger partial charge >= 0.3 is 246 Å². The van der Waals surface area contributed by atoms with Gasteiger partial charge in [-0.25, -0.2) is 0 Å². The Morgan fingerprint density at radius 2 is 0.930 bits per heavy atom. The molecule has 0 saturated carbocycles. The fourth-order valence-corrected chi connectivity index (χ4v) is 12.6. The van der Waals surface area contributed by atoms with Gasteiger partial charge in [0.1, 0.15) is 0 Å². The maximum atomic E-state index is 13.7. The van der Waals surface area contributed by atoms with Crippen LogP contribution in [-0.2, 0) is 4.62 Å². The minimum atomic E-state index is -3.24. The molecule has 0 unspecified atom stereocenters. The first-order chi connectivity index (χ1) is 20.6. The molecule has 0 atom stereocenters. The number of non-ortho nitro benzene ring substituents is 1. The first-order valence-electron chi connectivity index (χ1n) is 16.9. The summed E-state index contributed by atoms with van der Waals surface area (Å²) in [5.74, 6) is -1.16. The molecule has 43 heavy (non-hydrogen) atoms. The van der Waals surface area contributed by atoms with Crippen molar-refractivity contribution < 1.29 is 24.5 Å². The number of nitro groups is 2. The summed E-state index contributed by atoms with van der Waals surface area (Å²) in [4.78, 5) is 35.1. The normalized spacial score (nSPS) is 12.5. The fourth-order valence-electron chi connectivity index (χ4n) is 6.08. The van der Waals surface area contributed by atoms with Crippen LogP contribution in [0.2, 0.25) is 0 Å². The summed E-state index contributed by atoms with van der Waals surface area (Å²) >= 11 is 0. The summed E-state index contributed by atoms with van der Waals surface area (Å²) < 4.78 is 6.53. The van der Waals surface area contributed by atoms with E-state index in [0.717, 1.165) is 88.5 Å². The number of unbranched alkanes of at least 4 members (excludes halogenated alkanes) is 14. The van der Waals surface area contributed by atoms with Crippen LogP contribution in [0.1, 0.15) is 143 Å². The molecule has 0 fully saturated rings. The van der Waals surface area contributed by atoms with Crippen molar-refractivity contribution in [3.8, 4) is 5.75 Å². The molecule has 0 spiro atoms. The molecule has 0 amide bonds. The summed E-state index contributed by atoms with van der Waals surface area (Å²) in [6.45, 7) is 5.30. The molecule has 0 aromatic heterocycles. The van der Waals surface area contributed by atoms with Crippen molar-refractivity contribution in [1.29, 1.82) is 0 Å². The fraction of sp³-hybridized carbons (Fsp3) is 0.812. The van der Waals surface area contributed by atoms with Crippen LogP contribution in [0.15, 0.2) is 12.1 Å². The van der Waals surface area contributed by atoms with E-state index in [4.69, 9.17) is 4.62 Å². The zero-order chi connectivity index (χ0) is 32.2. The zero-order valence-corrected chi connectivity index (χ0v) is 28.3. The van der Waals surface area contributed by atoms with Gasteiger partial charge in [-0.1, -0.05) is 13.3 Å². The molecule has 248 valence electrons. The van der Waals surface area contributed by atoms with Crippen molar-refractivity contribution in [3.63, 3.8) is 0 Å². The third-order valence-electron chi connectivity index (χ3n) is 8.75. The van der Waals surface area contributed by atoms with E-state index in [2.05, 4.69) is 27.7 Å². The van der Waals surface area contributed by atoms with Gasteiger partial charge in [-0.05, 0) is 0 Å². The number of nitro benzene ring substituents is 2. The molecular weight excluding hydrogens is 569 g/mol. The Morgan fingerprint density at radius 3 is 1.33 bits per heavy atom. The molecule has 1 rings (SSSR count). The van der Waals surface area contributed by atoms with Gasteiger partial charge in [-0.2, -0.15) is 0 Å². The quantitative estimate of drug-likeness (QED) is 0.0409. The summed E-state index contributed by atoms with van der Waals surface area (Å²) in [6.07, 6.45) is 23.0. The number of benzene rings is 1. The van der Waals surface area contributed by atoms with Crippen LogP contribution in [0.4, 0.5) is 17.1 Å². The minimum absolute atomic E-state index is 0.127. The second kappa shape index (κ2) is 20.6. The molecule has 0 bridgehead atoms. The zero-order valence-electron chi connectivity index (χ0n) is 27.4. The molecule has 0 heterocycles. The summed E-state index contributed by atoms with van der Waals surface area (Å²) in [7, 11) is 0. The van der Waals surface area contributed by atoms with Gasteiger partial charge in [0.2, 0.25) is 0 Å². The SMILES string of the molecule is CCCCCCCCCCCCCCP(CCCC)(CCCC)(CCCC)O[N+](=O)c1cc([N+](=O)[O-])cc([N+](=O)[O-])c1[O-]. The summed E-state index contributed by atoms with van der Waals surface area (Å²) in [6, 6.07) is 1.42. The Labute approximate surface area is 259 Å². The summed E-state index contributed by atoms with van der Waals surface area (Å²) in [5.41, 5.74) is -2.36. The Balaban J connectivity index is 3.19. The Hall–Kier alpha value is -2.35. The molecular formula is C32H58N3O7P. The van der Waals surface area contributed by atoms with Crippen molar-refractivity contribution in [2.75, 3.05) is 24.6 Å². The van der Waals surface area contributed by atoms with E-state index in [1.807, 2.05) is 0 Å². The second-order valence-corrected chi connectivity index (χ2v) is 18.0. The Bertz CT molecular complexity index is 981. The third-order valence-corrected chi connectivity index (χ3v) is 15.2. The maximum absolute atomic E-state index is 13.7.